The molecule has 36 heavy (non-hydrogen) atoms. The molecule has 0 fully saturated rings. The average molecular weight is 497 g/mol. The van der Waals surface area contributed by atoms with E-state index in [9.17, 15) is 23.1 Å². The first-order chi connectivity index (χ1) is 17.2. The van der Waals surface area contributed by atoms with Gasteiger partial charge in [-0.1, -0.05) is 24.3 Å². The largest absolute Gasteiger partial charge is 0.476 e. The minimum absolute atomic E-state index is 0.0814. The molecule has 186 valence electrons. The highest BCUT2D eigenvalue weighted by Crippen LogP contribution is 2.29. The third-order valence-electron chi connectivity index (χ3n) is 5.26. The number of rotatable bonds is 9. The third kappa shape index (κ3) is 6.04. The van der Waals surface area contributed by atoms with Gasteiger partial charge < -0.3 is 14.7 Å². The molecule has 2 aromatic carbocycles. The number of nitrogens with zero attached hydrogens (tertiary/aromatic N) is 5. The molecule has 0 unspecified atom stereocenters. The van der Waals surface area contributed by atoms with Crippen LogP contribution in [-0.4, -0.2) is 44.2 Å². The lowest BCUT2D eigenvalue weighted by Crippen LogP contribution is -2.27. The summed E-state index contributed by atoms with van der Waals surface area (Å²) in [4.78, 5) is 30.5. The van der Waals surface area contributed by atoms with Crippen molar-refractivity contribution in [3.63, 3.8) is 0 Å². The van der Waals surface area contributed by atoms with Crippen molar-refractivity contribution in [3.05, 3.63) is 83.3 Å². The van der Waals surface area contributed by atoms with E-state index in [2.05, 4.69) is 19.9 Å². The molecule has 2 aromatic heterocycles. The fourth-order valence-electron chi connectivity index (χ4n) is 3.47. The van der Waals surface area contributed by atoms with Crippen molar-refractivity contribution < 1.29 is 27.8 Å². The van der Waals surface area contributed by atoms with Crippen molar-refractivity contribution in [2.75, 3.05) is 18.1 Å². The minimum atomic E-state index is -4.41. The summed E-state index contributed by atoms with van der Waals surface area (Å²) in [5.41, 5.74) is 1.48. The maximum absolute atomic E-state index is 12.9. The number of hydrogen-bond donors (Lipinski definition) is 1. The first kappa shape index (κ1) is 24.8. The van der Waals surface area contributed by atoms with Crippen molar-refractivity contribution >= 4 is 23.0 Å². The topological polar surface area (TPSA) is 101 Å². The molecule has 0 bridgehead atoms. The number of carboxylic acid groups (broad SMARTS) is 1. The molecule has 4 rings (SSSR count). The SMILES string of the molecule is Cc1cnc(N(CCCOc2nc3ccccc3nc2C(=O)O)Cc2ccc(C(F)(F)F)cc2)nc1. The number of aromatic carboxylic acids is 1. The molecule has 0 aliphatic heterocycles. The quantitative estimate of drug-likeness (QED) is 0.325. The smallest absolute Gasteiger partial charge is 0.416 e. The van der Waals surface area contributed by atoms with Crippen LogP contribution in [0.25, 0.3) is 11.0 Å². The zero-order valence-electron chi connectivity index (χ0n) is 19.2. The predicted octanol–water partition coefficient (Wildman–Crippen LogP) is 4.92. The van der Waals surface area contributed by atoms with Crippen LogP contribution >= 0.6 is 0 Å². The number of benzene rings is 2. The lowest BCUT2D eigenvalue weighted by Gasteiger charge is -2.23. The molecule has 0 saturated heterocycles. The van der Waals surface area contributed by atoms with E-state index in [-0.39, 0.29) is 24.7 Å². The Hall–Kier alpha value is -4.28. The van der Waals surface area contributed by atoms with Gasteiger partial charge in [-0.05, 0) is 48.7 Å². The van der Waals surface area contributed by atoms with Gasteiger partial charge in [0.1, 0.15) is 0 Å². The number of fused-ring (bicyclic) bond motifs is 1. The van der Waals surface area contributed by atoms with Gasteiger partial charge in [-0.3, -0.25) is 0 Å². The minimum Gasteiger partial charge on any atom is -0.476 e. The second-order valence-corrected chi connectivity index (χ2v) is 8.05. The molecule has 8 nitrogen and oxygen atoms in total. The summed E-state index contributed by atoms with van der Waals surface area (Å²) in [6.45, 7) is 2.65. The van der Waals surface area contributed by atoms with Crippen LogP contribution in [0.1, 0.15) is 33.6 Å². The summed E-state index contributed by atoms with van der Waals surface area (Å²) in [6, 6.07) is 11.8. The second kappa shape index (κ2) is 10.5. The standard InChI is InChI=1S/C25H22F3N5O3/c1-16-13-29-24(30-14-16)33(15-17-7-9-18(10-8-17)25(26,27)28)11-4-12-36-22-21(23(34)35)31-19-5-2-3-6-20(19)32-22/h2-3,5-10,13-14H,4,11-12,15H2,1H3,(H,34,35). The molecule has 0 aliphatic carbocycles. The zero-order chi connectivity index (χ0) is 25.7. The Morgan fingerprint density at radius 2 is 1.64 bits per heavy atom. The Kier molecular flexibility index (Phi) is 7.28. The van der Waals surface area contributed by atoms with E-state index in [1.54, 1.807) is 36.7 Å². The Labute approximate surface area is 204 Å². The number of anilines is 1. The van der Waals surface area contributed by atoms with Crippen LogP contribution in [0.2, 0.25) is 0 Å². The Morgan fingerprint density at radius 3 is 2.25 bits per heavy atom. The molecule has 0 radical (unpaired) electrons. The molecular weight excluding hydrogens is 475 g/mol. The lowest BCUT2D eigenvalue weighted by atomic mass is 10.1. The van der Waals surface area contributed by atoms with Gasteiger partial charge in [0.15, 0.2) is 0 Å². The second-order valence-electron chi connectivity index (χ2n) is 8.05. The number of halogens is 3. The maximum Gasteiger partial charge on any atom is 0.416 e. The van der Waals surface area contributed by atoms with Crippen molar-refractivity contribution in [2.45, 2.75) is 26.1 Å². The molecule has 11 heteroatoms. The van der Waals surface area contributed by atoms with Gasteiger partial charge in [0.25, 0.3) is 0 Å². The summed E-state index contributed by atoms with van der Waals surface area (Å²) in [6.07, 6.45) is -0.660. The van der Waals surface area contributed by atoms with Crippen LogP contribution in [0, 0.1) is 6.92 Å². The Morgan fingerprint density at radius 1 is 1.00 bits per heavy atom. The first-order valence-electron chi connectivity index (χ1n) is 11.0. The number of aromatic nitrogens is 4. The fraction of sp³-hybridized carbons (Fsp3) is 0.240. The molecule has 0 amide bonds. The number of hydrogen-bond acceptors (Lipinski definition) is 7. The molecule has 0 atom stereocenters. The Bertz CT molecular complexity index is 1350. The Balaban J connectivity index is 1.46. The summed E-state index contributed by atoms with van der Waals surface area (Å²) in [5, 5.41) is 9.50. The van der Waals surface area contributed by atoms with Gasteiger partial charge in [-0.15, -0.1) is 0 Å². The molecule has 1 N–H and O–H groups in total. The van der Waals surface area contributed by atoms with Crippen LogP contribution in [0.15, 0.2) is 60.9 Å². The predicted molar refractivity (Wildman–Crippen MR) is 126 cm³/mol. The maximum atomic E-state index is 12.9. The van der Waals surface area contributed by atoms with Crippen molar-refractivity contribution in [3.8, 4) is 5.88 Å². The van der Waals surface area contributed by atoms with Crippen LogP contribution in [0.4, 0.5) is 19.1 Å². The summed E-state index contributed by atoms with van der Waals surface area (Å²) < 4.78 is 44.4. The van der Waals surface area contributed by atoms with Crippen LogP contribution in [0.3, 0.4) is 0 Å². The van der Waals surface area contributed by atoms with Gasteiger partial charge in [0.05, 0.1) is 23.2 Å². The van der Waals surface area contributed by atoms with Gasteiger partial charge in [0.2, 0.25) is 17.5 Å². The van der Waals surface area contributed by atoms with Gasteiger partial charge >= 0.3 is 12.1 Å². The van der Waals surface area contributed by atoms with Gasteiger partial charge in [-0.25, -0.2) is 24.7 Å². The van der Waals surface area contributed by atoms with E-state index in [1.807, 2.05) is 11.8 Å². The summed E-state index contributed by atoms with van der Waals surface area (Å²) in [7, 11) is 0. The van der Waals surface area contributed by atoms with Crippen LogP contribution in [-0.2, 0) is 12.7 Å². The summed E-state index contributed by atoms with van der Waals surface area (Å²) in [5.74, 6) is -0.917. The highest BCUT2D eigenvalue weighted by Gasteiger charge is 2.30. The zero-order valence-corrected chi connectivity index (χ0v) is 19.2. The molecule has 0 saturated carbocycles. The fourth-order valence-corrected chi connectivity index (χ4v) is 3.47. The van der Waals surface area contributed by atoms with Crippen LogP contribution < -0.4 is 9.64 Å². The highest BCUT2D eigenvalue weighted by atomic mass is 19.4. The number of ether oxygens (including phenoxy) is 1. The van der Waals surface area contributed by atoms with Crippen molar-refractivity contribution in [2.24, 2.45) is 0 Å². The number of para-hydroxylation sites is 2. The van der Waals surface area contributed by atoms with E-state index >= 15 is 0 Å². The van der Waals surface area contributed by atoms with E-state index in [4.69, 9.17) is 4.74 Å². The van der Waals surface area contributed by atoms with Crippen LogP contribution in [0.5, 0.6) is 5.88 Å². The number of carboxylic acids is 1. The van der Waals surface area contributed by atoms with E-state index in [1.165, 1.54) is 12.1 Å². The first-order valence-corrected chi connectivity index (χ1v) is 11.0. The number of carbonyl (C=O) groups is 1. The van der Waals surface area contributed by atoms with Crippen molar-refractivity contribution in [1.82, 2.24) is 19.9 Å². The highest BCUT2D eigenvalue weighted by molar-refractivity contribution is 5.90. The third-order valence-corrected chi connectivity index (χ3v) is 5.26. The molecule has 0 aliphatic rings. The lowest BCUT2D eigenvalue weighted by molar-refractivity contribution is -0.137. The number of aryl methyl sites for hydroxylation is 1. The molecule has 0 spiro atoms. The van der Waals surface area contributed by atoms with E-state index in [0.29, 0.717) is 35.5 Å². The van der Waals surface area contributed by atoms with Gasteiger partial charge in [-0.2, -0.15) is 13.2 Å². The molecule has 4 aromatic rings. The summed E-state index contributed by atoms with van der Waals surface area (Å²) >= 11 is 0. The van der Waals surface area contributed by atoms with E-state index < -0.39 is 17.7 Å². The number of alkyl halides is 3. The normalized spacial score (nSPS) is 11.4. The van der Waals surface area contributed by atoms with Crippen molar-refractivity contribution in [1.29, 1.82) is 0 Å². The average Bonchev–Trinajstić information content (AvgIpc) is 2.85. The molecule has 2 heterocycles. The van der Waals surface area contributed by atoms with Gasteiger partial charge in [0, 0.05) is 25.5 Å². The monoisotopic (exact) mass is 497 g/mol. The van der Waals surface area contributed by atoms with E-state index in [0.717, 1.165) is 17.7 Å². The molecular formula is C25H22F3N5O3.